The summed E-state index contributed by atoms with van der Waals surface area (Å²) in [4.78, 5) is 26.0. The maximum Gasteiger partial charge on any atom is 0.326 e. The molecule has 1 aromatic rings. The van der Waals surface area contributed by atoms with Crippen LogP contribution in [0.2, 0.25) is 0 Å². The van der Waals surface area contributed by atoms with E-state index in [9.17, 15) is 9.59 Å². The number of benzene rings is 1. The maximum atomic E-state index is 12.4. The van der Waals surface area contributed by atoms with Crippen LogP contribution in [0.1, 0.15) is 31.7 Å². The van der Waals surface area contributed by atoms with Crippen molar-refractivity contribution in [3.05, 3.63) is 53.0 Å². The molecule has 0 radical (unpaired) electrons. The molecule has 4 nitrogen and oxygen atoms in total. The van der Waals surface area contributed by atoms with Crippen molar-refractivity contribution in [3.8, 4) is 0 Å². The van der Waals surface area contributed by atoms with Crippen molar-refractivity contribution >= 4 is 46.3 Å². The molecule has 132 valence electrons. The molecule has 1 aliphatic heterocycles. The van der Waals surface area contributed by atoms with Crippen molar-refractivity contribution in [1.29, 1.82) is 0 Å². The van der Waals surface area contributed by atoms with E-state index in [1.54, 1.807) is 6.08 Å². The van der Waals surface area contributed by atoms with E-state index in [4.69, 9.17) is 17.0 Å². The van der Waals surface area contributed by atoms with Crippen LogP contribution in [0.5, 0.6) is 0 Å². The highest BCUT2D eigenvalue weighted by Crippen LogP contribution is 2.30. The van der Waals surface area contributed by atoms with Crippen LogP contribution < -0.4 is 0 Å². The molecule has 0 aromatic heterocycles. The lowest BCUT2D eigenvalue weighted by Gasteiger charge is -2.13. The van der Waals surface area contributed by atoms with Crippen LogP contribution in [0.4, 0.5) is 0 Å². The minimum atomic E-state index is -0.423. The van der Waals surface area contributed by atoms with Gasteiger partial charge in [-0.1, -0.05) is 86.2 Å². The highest BCUT2D eigenvalue weighted by Gasteiger charge is 2.33. The lowest BCUT2D eigenvalue weighted by atomic mass is 10.2. The second-order valence-corrected chi connectivity index (χ2v) is 7.16. The molecule has 0 atom stereocenters. The molecule has 0 saturated carbocycles. The number of unbranched alkanes of at least 4 members (excludes halogenated alkanes) is 2. The van der Waals surface area contributed by atoms with Gasteiger partial charge in [0.15, 0.2) is 0 Å². The second-order valence-electron chi connectivity index (χ2n) is 5.49. The van der Waals surface area contributed by atoms with Crippen molar-refractivity contribution in [2.24, 2.45) is 0 Å². The minimum Gasteiger partial charge on any atom is -0.464 e. The van der Waals surface area contributed by atoms with Gasteiger partial charge in [-0.15, -0.1) is 0 Å². The van der Waals surface area contributed by atoms with Crippen molar-refractivity contribution in [2.75, 3.05) is 13.2 Å². The third-order valence-corrected chi connectivity index (χ3v) is 4.90. The molecule has 25 heavy (non-hydrogen) atoms. The van der Waals surface area contributed by atoms with Gasteiger partial charge in [0.1, 0.15) is 10.9 Å². The Hall–Kier alpha value is -1.92. The number of allylic oxidation sites excluding steroid dienone is 2. The summed E-state index contributed by atoms with van der Waals surface area (Å²) in [5.74, 6) is -0.674. The Morgan fingerprint density at radius 3 is 2.76 bits per heavy atom. The van der Waals surface area contributed by atoms with Gasteiger partial charge in [-0.3, -0.25) is 14.5 Å². The van der Waals surface area contributed by atoms with Crippen LogP contribution in [0.3, 0.4) is 0 Å². The van der Waals surface area contributed by atoms with Crippen LogP contribution in [0.15, 0.2) is 47.4 Å². The predicted molar refractivity (Wildman–Crippen MR) is 106 cm³/mol. The third kappa shape index (κ3) is 6.14. The fraction of sp³-hybridized carbons (Fsp3) is 0.316. The van der Waals surface area contributed by atoms with Gasteiger partial charge in [-0.2, -0.15) is 0 Å². The lowest BCUT2D eigenvalue weighted by Crippen LogP contribution is -2.34. The summed E-state index contributed by atoms with van der Waals surface area (Å²) in [6.45, 7) is 2.34. The molecule has 0 bridgehead atoms. The molecule has 0 unspecified atom stereocenters. The number of thioether (sulfide) groups is 1. The number of esters is 1. The Labute approximate surface area is 157 Å². The smallest absolute Gasteiger partial charge is 0.326 e. The molecule has 1 aromatic carbocycles. The first-order valence-corrected chi connectivity index (χ1v) is 9.47. The van der Waals surface area contributed by atoms with E-state index in [2.05, 4.69) is 6.92 Å². The zero-order chi connectivity index (χ0) is 18.1. The van der Waals surface area contributed by atoms with Gasteiger partial charge in [-0.05, 0) is 18.1 Å². The molecule has 1 saturated heterocycles. The van der Waals surface area contributed by atoms with Gasteiger partial charge in [0.2, 0.25) is 0 Å². The fourth-order valence-electron chi connectivity index (χ4n) is 2.17. The van der Waals surface area contributed by atoms with E-state index in [1.165, 1.54) is 16.7 Å². The summed E-state index contributed by atoms with van der Waals surface area (Å²) in [6, 6.07) is 9.80. The Balaban J connectivity index is 1.89. The van der Waals surface area contributed by atoms with E-state index < -0.39 is 5.97 Å². The minimum absolute atomic E-state index is 0.128. The van der Waals surface area contributed by atoms with E-state index in [1.807, 2.05) is 42.5 Å². The summed E-state index contributed by atoms with van der Waals surface area (Å²) < 4.78 is 5.53. The first kappa shape index (κ1) is 19.4. The van der Waals surface area contributed by atoms with Crippen molar-refractivity contribution < 1.29 is 14.3 Å². The number of amides is 1. The molecule has 0 aliphatic carbocycles. The van der Waals surface area contributed by atoms with E-state index in [-0.39, 0.29) is 12.5 Å². The Morgan fingerprint density at radius 1 is 1.28 bits per heavy atom. The highest BCUT2D eigenvalue weighted by molar-refractivity contribution is 8.26. The summed E-state index contributed by atoms with van der Waals surface area (Å²) in [5, 5.41) is 0. The molecule has 1 aliphatic rings. The number of hydrogen-bond acceptors (Lipinski definition) is 5. The number of hydrogen-bond donors (Lipinski definition) is 0. The molecule has 1 fully saturated rings. The highest BCUT2D eigenvalue weighted by atomic mass is 32.2. The Bertz CT molecular complexity index is 683. The average Bonchev–Trinajstić information content (AvgIpc) is 2.87. The molecule has 0 spiro atoms. The van der Waals surface area contributed by atoms with Crippen molar-refractivity contribution in [2.45, 2.75) is 26.2 Å². The van der Waals surface area contributed by atoms with Gasteiger partial charge in [-0.25, -0.2) is 0 Å². The van der Waals surface area contributed by atoms with Gasteiger partial charge >= 0.3 is 5.97 Å². The van der Waals surface area contributed by atoms with E-state index in [0.717, 1.165) is 24.8 Å². The lowest BCUT2D eigenvalue weighted by molar-refractivity contribution is -0.146. The maximum absolute atomic E-state index is 12.4. The van der Waals surface area contributed by atoms with Gasteiger partial charge in [0, 0.05) is 0 Å². The van der Waals surface area contributed by atoms with Gasteiger partial charge in [0.05, 0.1) is 11.5 Å². The number of carbonyl (C=O) groups excluding carboxylic acids is 2. The van der Waals surface area contributed by atoms with E-state index >= 15 is 0 Å². The third-order valence-electron chi connectivity index (χ3n) is 3.51. The molecular formula is C19H21NO3S2. The summed E-state index contributed by atoms with van der Waals surface area (Å²) >= 11 is 6.41. The number of carbonyl (C=O) groups is 2. The molecule has 2 rings (SSSR count). The van der Waals surface area contributed by atoms with Crippen molar-refractivity contribution in [3.63, 3.8) is 0 Å². The first-order valence-electron chi connectivity index (χ1n) is 8.24. The van der Waals surface area contributed by atoms with E-state index in [0.29, 0.717) is 15.8 Å². The van der Waals surface area contributed by atoms with Crippen LogP contribution in [0.25, 0.3) is 6.08 Å². The van der Waals surface area contributed by atoms with Crippen LogP contribution >= 0.6 is 24.0 Å². The number of thiocarbonyl (C=S) groups is 1. The first-order chi connectivity index (χ1) is 12.1. The monoisotopic (exact) mass is 375 g/mol. The zero-order valence-electron chi connectivity index (χ0n) is 14.1. The summed E-state index contributed by atoms with van der Waals surface area (Å²) in [7, 11) is 0. The molecule has 1 heterocycles. The largest absolute Gasteiger partial charge is 0.464 e. The van der Waals surface area contributed by atoms with Gasteiger partial charge < -0.3 is 4.74 Å². The van der Waals surface area contributed by atoms with Crippen LogP contribution in [-0.2, 0) is 14.3 Å². The van der Waals surface area contributed by atoms with Gasteiger partial charge in [0.25, 0.3) is 5.91 Å². The standard InChI is InChI=1S/C19H21NO3S2/c1-2-3-7-13-23-17(21)14-20-18(22)16(25-19(20)24)12-8-11-15-9-5-4-6-10-15/h4-6,8-12H,2-3,7,13-14H2,1H3. The molecular weight excluding hydrogens is 354 g/mol. The molecule has 6 heteroatoms. The summed E-state index contributed by atoms with van der Waals surface area (Å²) in [6.07, 6.45) is 8.36. The summed E-state index contributed by atoms with van der Waals surface area (Å²) in [5.41, 5.74) is 1.05. The second kappa shape index (κ2) is 10.2. The fourth-order valence-corrected chi connectivity index (χ4v) is 3.38. The van der Waals surface area contributed by atoms with Crippen LogP contribution in [0, 0.1) is 0 Å². The zero-order valence-corrected chi connectivity index (χ0v) is 15.8. The quantitative estimate of drug-likeness (QED) is 0.295. The average molecular weight is 376 g/mol. The SMILES string of the molecule is CCCCCOC(=O)CN1C(=O)C(=CC=Cc2ccccc2)SC1=S. The Morgan fingerprint density at radius 2 is 2.04 bits per heavy atom. The number of nitrogens with zero attached hydrogens (tertiary/aromatic N) is 1. The van der Waals surface area contributed by atoms with Crippen molar-refractivity contribution in [1.82, 2.24) is 4.90 Å². The topological polar surface area (TPSA) is 46.6 Å². The predicted octanol–water partition coefficient (Wildman–Crippen LogP) is 4.18. The number of ether oxygens (including phenoxy) is 1. The number of rotatable bonds is 8. The Kier molecular flexibility index (Phi) is 7.88. The normalized spacial score (nSPS) is 16.2. The molecule has 1 amide bonds. The molecule has 0 N–H and O–H groups in total. The van der Waals surface area contributed by atoms with Crippen LogP contribution in [-0.4, -0.2) is 34.2 Å².